The molecule has 1 fully saturated rings. The van der Waals surface area contributed by atoms with Gasteiger partial charge in [-0.05, 0) is 30.4 Å². The lowest BCUT2D eigenvalue weighted by molar-refractivity contribution is -0.147. The zero-order chi connectivity index (χ0) is 15.6. The van der Waals surface area contributed by atoms with Crippen molar-refractivity contribution < 1.29 is 19.7 Å². The van der Waals surface area contributed by atoms with Gasteiger partial charge in [-0.1, -0.05) is 38.1 Å². The van der Waals surface area contributed by atoms with Crippen molar-refractivity contribution >= 4 is 5.97 Å². The fraction of sp³-hybridized carbons (Fsp3) is 0.588. The van der Waals surface area contributed by atoms with Crippen molar-refractivity contribution in [1.29, 1.82) is 0 Å². The second-order valence-electron chi connectivity index (χ2n) is 6.30. The molecule has 2 rings (SSSR count). The average Bonchev–Trinajstić information content (AvgIpc) is 3.07. The first kappa shape index (κ1) is 16.0. The Kier molecular flexibility index (Phi) is 5.01. The lowest BCUT2D eigenvalue weighted by atomic mass is 9.97. The van der Waals surface area contributed by atoms with Crippen LogP contribution in [0.25, 0.3) is 0 Å². The van der Waals surface area contributed by atoms with Crippen molar-refractivity contribution in [2.45, 2.75) is 45.3 Å². The van der Waals surface area contributed by atoms with E-state index in [0.717, 1.165) is 12.0 Å². The minimum atomic E-state index is -0.723. The van der Waals surface area contributed by atoms with Crippen LogP contribution in [0.5, 0.6) is 0 Å². The molecule has 0 bridgehead atoms. The molecule has 4 nitrogen and oxygen atoms in total. The smallest absolute Gasteiger partial charge is 0.313 e. The number of hydrogen-bond acceptors (Lipinski definition) is 4. The number of carbonyl (C=O) groups excluding carboxylic acids is 1. The Morgan fingerprint density at radius 3 is 2.33 bits per heavy atom. The van der Waals surface area contributed by atoms with Gasteiger partial charge in [0.2, 0.25) is 0 Å². The third kappa shape index (κ3) is 3.83. The van der Waals surface area contributed by atoms with Crippen molar-refractivity contribution in [3.63, 3.8) is 0 Å². The van der Waals surface area contributed by atoms with Gasteiger partial charge in [-0.15, -0.1) is 0 Å². The molecule has 0 heterocycles. The van der Waals surface area contributed by atoms with Crippen LogP contribution in [0.4, 0.5) is 0 Å². The standard InChI is InChI=1S/C17H24O4/c1-10(2)8-12-4-6-13(7-5-12)11(3)17(20)21-16-14(9-18)15(16)19/h4-7,10-11,14-16,18-19H,8-9H2,1-3H3. The molecule has 4 heteroatoms. The van der Waals surface area contributed by atoms with E-state index in [1.54, 1.807) is 6.92 Å². The first-order chi connectivity index (χ1) is 9.93. The number of aliphatic hydroxyl groups is 2. The molecule has 0 spiro atoms. The number of esters is 1. The van der Waals surface area contributed by atoms with Gasteiger partial charge in [0, 0.05) is 0 Å². The van der Waals surface area contributed by atoms with Gasteiger partial charge in [-0.2, -0.15) is 0 Å². The predicted octanol–water partition coefficient (Wildman–Crippen LogP) is 1.88. The molecule has 1 aliphatic carbocycles. The predicted molar refractivity (Wildman–Crippen MR) is 79.9 cm³/mol. The van der Waals surface area contributed by atoms with Crippen LogP contribution in [0, 0.1) is 11.8 Å². The molecule has 4 atom stereocenters. The van der Waals surface area contributed by atoms with Crippen LogP contribution in [0.1, 0.15) is 37.8 Å². The molecule has 21 heavy (non-hydrogen) atoms. The summed E-state index contributed by atoms with van der Waals surface area (Å²) < 4.78 is 5.24. The molecule has 0 radical (unpaired) electrons. The summed E-state index contributed by atoms with van der Waals surface area (Å²) in [6.07, 6.45) is -0.254. The second-order valence-corrected chi connectivity index (χ2v) is 6.30. The van der Waals surface area contributed by atoms with E-state index >= 15 is 0 Å². The second kappa shape index (κ2) is 6.58. The maximum Gasteiger partial charge on any atom is 0.313 e. The van der Waals surface area contributed by atoms with Crippen LogP contribution in [0.2, 0.25) is 0 Å². The third-order valence-corrected chi connectivity index (χ3v) is 4.00. The van der Waals surface area contributed by atoms with Gasteiger partial charge in [-0.25, -0.2) is 0 Å². The summed E-state index contributed by atoms with van der Waals surface area (Å²) in [7, 11) is 0. The molecule has 1 aliphatic rings. The van der Waals surface area contributed by atoms with Gasteiger partial charge in [0.25, 0.3) is 0 Å². The van der Waals surface area contributed by atoms with Gasteiger partial charge in [0.15, 0.2) is 0 Å². The summed E-state index contributed by atoms with van der Waals surface area (Å²) in [4.78, 5) is 12.0. The van der Waals surface area contributed by atoms with E-state index in [9.17, 15) is 9.90 Å². The maximum atomic E-state index is 12.0. The first-order valence-electron chi connectivity index (χ1n) is 7.52. The maximum absolute atomic E-state index is 12.0. The first-order valence-corrected chi connectivity index (χ1v) is 7.52. The van der Waals surface area contributed by atoms with Crippen LogP contribution in [0.3, 0.4) is 0 Å². The Hall–Kier alpha value is -1.39. The number of hydrogen-bond donors (Lipinski definition) is 2. The van der Waals surface area contributed by atoms with Crippen molar-refractivity contribution in [2.24, 2.45) is 11.8 Å². The molecule has 0 saturated heterocycles. The van der Waals surface area contributed by atoms with Crippen molar-refractivity contribution in [2.75, 3.05) is 6.61 Å². The Morgan fingerprint density at radius 2 is 1.86 bits per heavy atom. The van der Waals surface area contributed by atoms with Crippen molar-refractivity contribution in [3.8, 4) is 0 Å². The quantitative estimate of drug-likeness (QED) is 0.786. The van der Waals surface area contributed by atoms with E-state index < -0.39 is 12.2 Å². The normalized spacial score (nSPS) is 25.7. The highest BCUT2D eigenvalue weighted by Crippen LogP contribution is 2.35. The number of carbonyl (C=O) groups is 1. The van der Waals surface area contributed by atoms with E-state index in [2.05, 4.69) is 13.8 Å². The Bertz CT molecular complexity index is 480. The van der Waals surface area contributed by atoms with Crippen LogP contribution >= 0.6 is 0 Å². The highest BCUT2D eigenvalue weighted by Gasteiger charge is 2.52. The summed E-state index contributed by atoms with van der Waals surface area (Å²) in [5.41, 5.74) is 2.16. The van der Waals surface area contributed by atoms with E-state index in [-0.39, 0.29) is 24.4 Å². The van der Waals surface area contributed by atoms with Crippen LogP contribution in [-0.2, 0) is 16.0 Å². The van der Waals surface area contributed by atoms with E-state index in [4.69, 9.17) is 9.84 Å². The van der Waals surface area contributed by atoms with E-state index in [1.807, 2.05) is 24.3 Å². The Balaban J connectivity index is 1.93. The summed E-state index contributed by atoms with van der Waals surface area (Å²) >= 11 is 0. The molecule has 1 aromatic rings. The fourth-order valence-electron chi connectivity index (χ4n) is 2.48. The molecule has 0 amide bonds. The summed E-state index contributed by atoms with van der Waals surface area (Å²) in [6, 6.07) is 8.00. The minimum Gasteiger partial charge on any atom is -0.459 e. The largest absolute Gasteiger partial charge is 0.459 e. The van der Waals surface area contributed by atoms with Crippen molar-refractivity contribution in [3.05, 3.63) is 35.4 Å². The average molecular weight is 292 g/mol. The number of aliphatic hydroxyl groups excluding tert-OH is 2. The molecule has 1 aromatic carbocycles. The molecule has 0 aliphatic heterocycles. The Morgan fingerprint density at radius 1 is 1.24 bits per heavy atom. The number of benzene rings is 1. The highest BCUT2D eigenvalue weighted by molar-refractivity contribution is 5.78. The SMILES string of the molecule is CC(C)Cc1ccc(C(C)C(=O)OC2C(O)C2CO)cc1. The lowest BCUT2D eigenvalue weighted by Gasteiger charge is -2.13. The van der Waals surface area contributed by atoms with Gasteiger partial charge in [0.1, 0.15) is 12.2 Å². The van der Waals surface area contributed by atoms with E-state index in [1.165, 1.54) is 5.56 Å². The molecule has 2 N–H and O–H groups in total. The minimum absolute atomic E-state index is 0.155. The molecular formula is C17H24O4. The molecule has 116 valence electrons. The third-order valence-electron chi connectivity index (χ3n) is 4.00. The Labute approximate surface area is 125 Å². The van der Waals surface area contributed by atoms with Gasteiger partial charge in [-0.3, -0.25) is 4.79 Å². The van der Waals surface area contributed by atoms with E-state index in [0.29, 0.717) is 5.92 Å². The number of rotatable bonds is 6. The van der Waals surface area contributed by atoms with Gasteiger partial charge >= 0.3 is 5.97 Å². The molecular weight excluding hydrogens is 268 g/mol. The van der Waals surface area contributed by atoms with Crippen molar-refractivity contribution in [1.82, 2.24) is 0 Å². The van der Waals surface area contributed by atoms with Crippen LogP contribution < -0.4 is 0 Å². The highest BCUT2D eigenvalue weighted by atomic mass is 16.6. The topological polar surface area (TPSA) is 66.8 Å². The summed E-state index contributed by atoms with van der Waals surface area (Å²) in [6.45, 7) is 5.98. The summed E-state index contributed by atoms with van der Waals surface area (Å²) in [5, 5.41) is 18.4. The van der Waals surface area contributed by atoms with Crippen LogP contribution in [0.15, 0.2) is 24.3 Å². The molecule has 1 saturated carbocycles. The number of ether oxygens (including phenoxy) is 1. The molecule has 4 unspecified atom stereocenters. The van der Waals surface area contributed by atoms with Gasteiger partial charge < -0.3 is 14.9 Å². The zero-order valence-electron chi connectivity index (χ0n) is 12.8. The van der Waals surface area contributed by atoms with Gasteiger partial charge in [0.05, 0.1) is 18.4 Å². The summed E-state index contributed by atoms with van der Waals surface area (Å²) in [5.74, 6) is -0.448. The van der Waals surface area contributed by atoms with Crippen LogP contribution in [-0.4, -0.2) is 35.0 Å². The fourth-order valence-corrected chi connectivity index (χ4v) is 2.48. The zero-order valence-corrected chi connectivity index (χ0v) is 12.8. The lowest BCUT2D eigenvalue weighted by Crippen LogP contribution is -2.16. The molecule has 0 aromatic heterocycles. The monoisotopic (exact) mass is 292 g/mol.